The van der Waals surface area contributed by atoms with Crippen molar-refractivity contribution in [1.29, 1.82) is 0 Å². The predicted octanol–water partition coefficient (Wildman–Crippen LogP) is 2.35. The van der Waals surface area contributed by atoms with E-state index in [9.17, 15) is 4.79 Å². The zero-order valence-electron chi connectivity index (χ0n) is 7.11. The number of hydrogen-bond acceptors (Lipinski definition) is 4. The van der Waals surface area contributed by atoms with E-state index in [1.807, 2.05) is 0 Å². The summed E-state index contributed by atoms with van der Waals surface area (Å²) in [7, 11) is 0. The molecule has 0 aliphatic rings. The van der Waals surface area contributed by atoms with Crippen LogP contribution in [-0.2, 0) is 0 Å². The number of carbonyl (C=O) groups is 1. The fraction of sp³-hybridized carbons (Fsp3) is 0.125. The first kappa shape index (κ1) is 9.36. The molecule has 0 spiro atoms. The first-order valence-electron chi connectivity index (χ1n) is 3.74. The SMILES string of the molecule is Cc1sc2c(Cl)ncnc2c1C(=O)O. The topological polar surface area (TPSA) is 63.1 Å². The molecule has 0 unspecified atom stereocenters. The van der Waals surface area contributed by atoms with Crippen LogP contribution in [0.3, 0.4) is 0 Å². The number of thiophene rings is 1. The molecule has 4 nitrogen and oxygen atoms in total. The second-order valence-corrected chi connectivity index (χ2v) is 4.26. The van der Waals surface area contributed by atoms with Crippen LogP contribution < -0.4 is 0 Å². The van der Waals surface area contributed by atoms with Gasteiger partial charge in [-0.1, -0.05) is 11.6 Å². The number of fused-ring (bicyclic) bond motifs is 1. The summed E-state index contributed by atoms with van der Waals surface area (Å²) in [6, 6.07) is 0. The zero-order chi connectivity index (χ0) is 10.3. The van der Waals surface area contributed by atoms with Gasteiger partial charge in [0.15, 0.2) is 0 Å². The molecule has 0 amide bonds. The minimum atomic E-state index is -0.983. The number of carboxylic acids is 1. The van der Waals surface area contributed by atoms with Crippen LogP contribution in [0.25, 0.3) is 10.2 Å². The monoisotopic (exact) mass is 228 g/mol. The number of halogens is 1. The van der Waals surface area contributed by atoms with Crippen LogP contribution in [0.15, 0.2) is 6.33 Å². The zero-order valence-corrected chi connectivity index (χ0v) is 8.69. The molecule has 2 aromatic heterocycles. The molecule has 2 heterocycles. The summed E-state index contributed by atoms with van der Waals surface area (Å²) in [5.41, 5.74) is 0.634. The molecule has 0 aliphatic carbocycles. The van der Waals surface area contributed by atoms with E-state index in [2.05, 4.69) is 9.97 Å². The Labute approximate surface area is 88.2 Å². The van der Waals surface area contributed by atoms with E-state index < -0.39 is 5.97 Å². The van der Waals surface area contributed by atoms with Crippen molar-refractivity contribution >= 4 is 39.1 Å². The summed E-state index contributed by atoms with van der Waals surface area (Å²) in [4.78, 5) is 19.3. The molecule has 0 radical (unpaired) electrons. The van der Waals surface area contributed by atoms with Crippen LogP contribution in [0.1, 0.15) is 15.2 Å². The van der Waals surface area contributed by atoms with Crippen molar-refractivity contribution in [3.63, 3.8) is 0 Å². The molecular weight excluding hydrogens is 224 g/mol. The molecule has 6 heteroatoms. The first-order valence-corrected chi connectivity index (χ1v) is 4.93. The molecule has 0 saturated heterocycles. The lowest BCUT2D eigenvalue weighted by Gasteiger charge is -1.92. The van der Waals surface area contributed by atoms with Crippen LogP contribution in [0.4, 0.5) is 0 Å². The van der Waals surface area contributed by atoms with Gasteiger partial charge in [0.1, 0.15) is 17.0 Å². The van der Waals surface area contributed by atoms with Gasteiger partial charge >= 0.3 is 5.97 Å². The van der Waals surface area contributed by atoms with Crippen LogP contribution >= 0.6 is 22.9 Å². The molecule has 72 valence electrons. The van der Waals surface area contributed by atoms with Crippen molar-refractivity contribution in [3.8, 4) is 0 Å². The quantitative estimate of drug-likeness (QED) is 0.761. The van der Waals surface area contributed by atoms with Gasteiger partial charge in [-0.2, -0.15) is 0 Å². The van der Waals surface area contributed by atoms with E-state index in [1.165, 1.54) is 17.7 Å². The van der Waals surface area contributed by atoms with Gasteiger partial charge in [-0.25, -0.2) is 14.8 Å². The van der Waals surface area contributed by atoms with Crippen LogP contribution in [0, 0.1) is 6.92 Å². The lowest BCUT2D eigenvalue weighted by atomic mass is 10.2. The van der Waals surface area contributed by atoms with Gasteiger partial charge in [0.05, 0.1) is 10.3 Å². The molecule has 14 heavy (non-hydrogen) atoms. The molecule has 0 aromatic carbocycles. The summed E-state index contributed by atoms with van der Waals surface area (Å²) in [5.74, 6) is -0.983. The van der Waals surface area contributed by atoms with E-state index in [4.69, 9.17) is 16.7 Å². The third-order valence-corrected chi connectivity index (χ3v) is 3.32. The van der Waals surface area contributed by atoms with Gasteiger partial charge in [-0.05, 0) is 6.92 Å². The highest BCUT2D eigenvalue weighted by atomic mass is 35.5. The molecule has 0 bridgehead atoms. The average Bonchev–Trinajstić information content (AvgIpc) is 2.42. The highest BCUT2D eigenvalue weighted by Crippen LogP contribution is 2.32. The van der Waals surface area contributed by atoms with E-state index in [0.717, 1.165) is 0 Å². The maximum atomic E-state index is 10.9. The molecule has 0 fully saturated rings. The standard InChI is InChI=1S/C8H5ClN2O2S/c1-3-4(8(12)13)5-6(14-3)7(9)11-2-10-5/h2H,1H3,(H,12,13). The van der Waals surface area contributed by atoms with Gasteiger partial charge in [-0.15, -0.1) is 11.3 Å². The number of aryl methyl sites for hydroxylation is 1. The summed E-state index contributed by atoms with van der Waals surface area (Å²) in [6.07, 6.45) is 1.27. The molecule has 0 saturated carbocycles. The third kappa shape index (κ3) is 1.25. The number of rotatable bonds is 1. The van der Waals surface area contributed by atoms with E-state index >= 15 is 0 Å². The van der Waals surface area contributed by atoms with E-state index in [1.54, 1.807) is 6.92 Å². The molecule has 0 aliphatic heterocycles. The maximum Gasteiger partial charge on any atom is 0.339 e. The smallest absolute Gasteiger partial charge is 0.339 e. The Morgan fingerprint density at radius 2 is 2.29 bits per heavy atom. The Balaban J connectivity index is 2.90. The molecule has 2 rings (SSSR count). The fourth-order valence-corrected chi connectivity index (χ4v) is 2.47. The van der Waals surface area contributed by atoms with Gasteiger partial charge < -0.3 is 5.11 Å². The summed E-state index contributed by atoms with van der Waals surface area (Å²) >= 11 is 7.11. The lowest BCUT2D eigenvalue weighted by molar-refractivity contribution is 0.0698. The molecule has 2 aromatic rings. The number of carboxylic acid groups (broad SMARTS) is 1. The highest BCUT2D eigenvalue weighted by molar-refractivity contribution is 7.20. The minimum absolute atomic E-state index is 0.217. The van der Waals surface area contributed by atoms with Crippen molar-refractivity contribution in [1.82, 2.24) is 9.97 Å². The lowest BCUT2D eigenvalue weighted by Crippen LogP contribution is -1.97. The van der Waals surface area contributed by atoms with Crippen LogP contribution in [0.5, 0.6) is 0 Å². The van der Waals surface area contributed by atoms with Gasteiger partial charge in [0, 0.05) is 4.88 Å². The fourth-order valence-electron chi connectivity index (χ4n) is 1.24. The molecular formula is C8H5ClN2O2S. The van der Waals surface area contributed by atoms with E-state index in [-0.39, 0.29) is 5.56 Å². The van der Waals surface area contributed by atoms with Crippen LogP contribution in [0.2, 0.25) is 5.15 Å². The van der Waals surface area contributed by atoms with Crippen molar-refractivity contribution in [2.45, 2.75) is 6.92 Å². The van der Waals surface area contributed by atoms with Crippen molar-refractivity contribution in [2.24, 2.45) is 0 Å². The van der Waals surface area contributed by atoms with Gasteiger partial charge in [-0.3, -0.25) is 0 Å². The number of aromatic nitrogens is 2. The maximum absolute atomic E-state index is 10.9. The number of hydrogen-bond donors (Lipinski definition) is 1. The number of nitrogens with zero attached hydrogens (tertiary/aromatic N) is 2. The van der Waals surface area contributed by atoms with Crippen LogP contribution in [-0.4, -0.2) is 21.0 Å². The largest absolute Gasteiger partial charge is 0.478 e. The van der Waals surface area contributed by atoms with E-state index in [0.29, 0.717) is 20.2 Å². The summed E-state index contributed by atoms with van der Waals surface area (Å²) < 4.78 is 0.629. The Morgan fingerprint density at radius 3 is 2.93 bits per heavy atom. The molecule has 1 N–H and O–H groups in total. The van der Waals surface area contributed by atoms with Gasteiger partial charge in [0.2, 0.25) is 0 Å². The Hall–Kier alpha value is -1.20. The second-order valence-electron chi connectivity index (χ2n) is 2.68. The Bertz CT molecular complexity index is 523. The highest BCUT2D eigenvalue weighted by Gasteiger charge is 2.18. The van der Waals surface area contributed by atoms with Crippen molar-refractivity contribution in [2.75, 3.05) is 0 Å². The summed E-state index contributed by atoms with van der Waals surface area (Å²) in [5, 5.41) is 9.25. The number of aromatic carboxylic acids is 1. The second kappa shape index (κ2) is 3.18. The third-order valence-electron chi connectivity index (χ3n) is 1.82. The normalized spacial score (nSPS) is 10.7. The summed E-state index contributed by atoms with van der Waals surface area (Å²) in [6.45, 7) is 1.73. The predicted molar refractivity (Wildman–Crippen MR) is 54.1 cm³/mol. The Kier molecular flexibility index (Phi) is 2.13. The average molecular weight is 229 g/mol. The molecule has 0 atom stereocenters. The Morgan fingerprint density at radius 1 is 1.57 bits per heavy atom. The van der Waals surface area contributed by atoms with Crippen molar-refractivity contribution in [3.05, 3.63) is 21.9 Å². The van der Waals surface area contributed by atoms with Gasteiger partial charge in [0.25, 0.3) is 0 Å². The minimum Gasteiger partial charge on any atom is -0.478 e. The van der Waals surface area contributed by atoms with Crippen molar-refractivity contribution < 1.29 is 9.90 Å². The first-order chi connectivity index (χ1) is 6.61.